The van der Waals surface area contributed by atoms with Gasteiger partial charge < -0.3 is 4.74 Å². The van der Waals surface area contributed by atoms with E-state index in [9.17, 15) is 14.8 Å². The van der Waals surface area contributed by atoms with Crippen molar-refractivity contribution in [2.45, 2.75) is 33.6 Å². The Morgan fingerprint density at radius 1 is 1.25 bits per heavy atom. The van der Waals surface area contributed by atoms with Crippen LogP contribution in [0.5, 0.6) is 5.75 Å². The summed E-state index contributed by atoms with van der Waals surface area (Å²) in [6.45, 7) is 8.31. The molecule has 1 aliphatic heterocycles. The minimum absolute atomic E-state index is 0.0948. The molecule has 128 valence electrons. The highest BCUT2D eigenvalue weighted by Gasteiger charge is 2.43. The average Bonchev–Trinajstić information content (AvgIpc) is 2.72. The second-order valence-electron chi connectivity index (χ2n) is 6.42. The van der Waals surface area contributed by atoms with Gasteiger partial charge in [-0.15, -0.1) is 0 Å². The van der Waals surface area contributed by atoms with E-state index in [0.29, 0.717) is 23.5 Å². The summed E-state index contributed by atoms with van der Waals surface area (Å²) >= 11 is 0. The summed E-state index contributed by atoms with van der Waals surface area (Å²) in [6.07, 6.45) is 3.69. The van der Waals surface area contributed by atoms with Gasteiger partial charge in [-0.3, -0.25) is 14.8 Å². The van der Waals surface area contributed by atoms with E-state index in [1.165, 1.54) is 5.57 Å². The largest absolute Gasteiger partial charge is 0.490 e. The number of carbonyl (C=O) groups is 2. The lowest BCUT2D eigenvalue weighted by Gasteiger charge is -2.11. The van der Waals surface area contributed by atoms with E-state index in [1.54, 1.807) is 30.3 Å². The Kier molecular flexibility index (Phi) is 5.57. The van der Waals surface area contributed by atoms with Crippen LogP contribution in [0, 0.1) is 5.92 Å². The lowest BCUT2D eigenvalue weighted by atomic mass is 9.91. The fourth-order valence-corrected chi connectivity index (χ4v) is 2.51. The van der Waals surface area contributed by atoms with Crippen molar-refractivity contribution in [2.24, 2.45) is 5.92 Å². The van der Waals surface area contributed by atoms with Crippen LogP contribution >= 0.6 is 0 Å². The van der Waals surface area contributed by atoms with Crippen molar-refractivity contribution in [3.8, 4) is 5.75 Å². The van der Waals surface area contributed by atoms with E-state index in [1.807, 2.05) is 33.8 Å². The first-order chi connectivity index (χ1) is 11.3. The van der Waals surface area contributed by atoms with Crippen LogP contribution in [0.1, 0.15) is 39.2 Å². The number of allylic oxidation sites excluding steroid dienone is 2. The number of benzene rings is 1. The summed E-state index contributed by atoms with van der Waals surface area (Å²) in [5, 5.41) is 9.87. The molecule has 1 N–H and O–H groups in total. The maximum absolute atomic E-state index is 12.2. The Morgan fingerprint density at radius 2 is 1.88 bits per heavy atom. The number of hydroxylamine groups is 2. The smallest absolute Gasteiger partial charge is 0.281 e. The molecule has 1 fully saturated rings. The summed E-state index contributed by atoms with van der Waals surface area (Å²) in [6, 6.07) is 7.03. The Balaban J connectivity index is 2.24. The van der Waals surface area contributed by atoms with Crippen LogP contribution in [0.15, 0.2) is 47.6 Å². The van der Waals surface area contributed by atoms with Gasteiger partial charge in [-0.05, 0) is 43.5 Å². The molecule has 0 aliphatic carbocycles. The van der Waals surface area contributed by atoms with Gasteiger partial charge in [0.25, 0.3) is 11.8 Å². The van der Waals surface area contributed by atoms with Gasteiger partial charge in [0.1, 0.15) is 12.4 Å². The minimum Gasteiger partial charge on any atom is -0.490 e. The number of ether oxygens (including phenoxy) is 1. The van der Waals surface area contributed by atoms with Gasteiger partial charge in [-0.1, -0.05) is 37.6 Å². The maximum atomic E-state index is 12.2. The minimum atomic E-state index is -0.767. The van der Waals surface area contributed by atoms with Crippen LogP contribution in [0.3, 0.4) is 0 Å². The highest BCUT2D eigenvalue weighted by Crippen LogP contribution is 2.35. The van der Waals surface area contributed by atoms with Gasteiger partial charge in [0.15, 0.2) is 0 Å². The molecule has 24 heavy (non-hydrogen) atoms. The lowest BCUT2D eigenvalue weighted by molar-refractivity contribution is -0.170. The molecule has 5 nitrogen and oxygen atoms in total. The number of nitrogens with zero attached hydrogens (tertiary/aromatic N) is 1. The molecule has 1 saturated heterocycles. The molecule has 2 amide bonds. The fourth-order valence-electron chi connectivity index (χ4n) is 2.51. The van der Waals surface area contributed by atoms with Crippen LogP contribution in [0.4, 0.5) is 0 Å². The van der Waals surface area contributed by atoms with Crippen LogP contribution in [0.2, 0.25) is 0 Å². The van der Waals surface area contributed by atoms with Crippen LogP contribution in [-0.4, -0.2) is 28.7 Å². The topological polar surface area (TPSA) is 66.8 Å². The molecule has 1 atom stereocenters. The van der Waals surface area contributed by atoms with E-state index < -0.39 is 17.7 Å². The zero-order chi connectivity index (χ0) is 17.9. The van der Waals surface area contributed by atoms with Crippen LogP contribution in [0.25, 0.3) is 0 Å². The number of amides is 2. The molecule has 0 radical (unpaired) electrons. The van der Waals surface area contributed by atoms with E-state index in [2.05, 4.69) is 0 Å². The van der Waals surface area contributed by atoms with Gasteiger partial charge in [-0.2, -0.15) is 5.06 Å². The molecule has 0 aromatic heterocycles. The molecule has 2 rings (SSSR count). The molecular weight excluding hydrogens is 306 g/mol. The third-order valence-electron chi connectivity index (χ3n) is 3.67. The number of imide groups is 1. The second-order valence-corrected chi connectivity index (χ2v) is 6.42. The predicted molar refractivity (Wildman–Crippen MR) is 90.7 cm³/mol. The van der Waals surface area contributed by atoms with Crippen molar-refractivity contribution in [3.05, 3.63) is 53.1 Å². The zero-order valence-corrected chi connectivity index (χ0v) is 14.4. The zero-order valence-electron chi connectivity index (χ0n) is 14.4. The second kappa shape index (κ2) is 7.45. The van der Waals surface area contributed by atoms with Crippen molar-refractivity contribution < 1.29 is 19.5 Å². The standard InChI is InChI=1S/C19H23NO4/c1-12(2)9-10-24-15-7-5-14(6-8-15)17-16(11-13(3)4)18(21)20(23)19(17)22/h5-9,11,13,17,23H,10H2,1-4H3/b16-11-. The number of rotatable bonds is 5. The average molecular weight is 329 g/mol. The Morgan fingerprint density at radius 3 is 2.42 bits per heavy atom. The van der Waals surface area contributed by atoms with E-state index in [0.717, 1.165) is 0 Å². The first kappa shape index (κ1) is 17.9. The number of hydrogen-bond donors (Lipinski definition) is 1. The molecule has 1 aliphatic rings. The van der Waals surface area contributed by atoms with Gasteiger partial charge in [0.05, 0.1) is 5.92 Å². The molecule has 0 saturated carbocycles. The Labute approximate surface area is 142 Å². The Hall–Kier alpha value is -2.40. The monoisotopic (exact) mass is 329 g/mol. The fraction of sp³-hybridized carbons (Fsp3) is 0.368. The molecule has 1 unspecified atom stereocenters. The summed E-state index contributed by atoms with van der Waals surface area (Å²) in [4.78, 5) is 24.3. The van der Waals surface area contributed by atoms with Crippen molar-refractivity contribution in [3.63, 3.8) is 0 Å². The van der Waals surface area contributed by atoms with E-state index in [4.69, 9.17) is 4.74 Å². The van der Waals surface area contributed by atoms with Gasteiger partial charge in [0, 0.05) is 5.57 Å². The normalized spacial score (nSPS) is 19.3. The number of hydrogen-bond acceptors (Lipinski definition) is 4. The maximum Gasteiger partial charge on any atom is 0.281 e. The van der Waals surface area contributed by atoms with Crippen LogP contribution < -0.4 is 4.74 Å². The quantitative estimate of drug-likeness (QED) is 0.389. The van der Waals surface area contributed by atoms with Crippen molar-refractivity contribution >= 4 is 11.8 Å². The molecule has 1 aromatic carbocycles. The van der Waals surface area contributed by atoms with Gasteiger partial charge >= 0.3 is 0 Å². The molecule has 1 aromatic rings. The lowest BCUT2D eigenvalue weighted by Crippen LogP contribution is -2.26. The number of carbonyl (C=O) groups excluding carboxylic acids is 2. The molecule has 1 heterocycles. The summed E-state index contributed by atoms with van der Waals surface area (Å²) in [5.74, 6) is -1.26. The van der Waals surface area contributed by atoms with E-state index in [-0.39, 0.29) is 11.0 Å². The summed E-state index contributed by atoms with van der Waals surface area (Å²) in [5.41, 5.74) is 2.15. The first-order valence-electron chi connectivity index (χ1n) is 7.96. The molecular formula is C19H23NO4. The summed E-state index contributed by atoms with van der Waals surface area (Å²) in [7, 11) is 0. The van der Waals surface area contributed by atoms with Gasteiger partial charge in [-0.25, -0.2) is 0 Å². The third-order valence-corrected chi connectivity index (χ3v) is 3.67. The highest BCUT2D eigenvalue weighted by atomic mass is 16.5. The van der Waals surface area contributed by atoms with E-state index >= 15 is 0 Å². The predicted octanol–water partition coefficient (Wildman–Crippen LogP) is 3.46. The molecule has 0 spiro atoms. The third kappa shape index (κ3) is 3.92. The molecule has 0 bridgehead atoms. The van der Waals surface area contributed by atoms with Crippen molar-refractivity contribution in [2.75, 3.05) is 6.61 Å². The summed E-state index contributed by atoms with van der Waals surface area (Å²) < 4.78 is 5.59. The SMILES string of the molecule is CC(C)=CCOc1ccc(C2C(=O)N(O)C(=O)/C2=C\C(C)C)cc1. The van der Waals surface area contributed by atoms with Crippen molar-refractivity contribution in [1.29, 1.82) is 0 Å². The highest BCUT2D eigenvalue weighted by molar-refractivity contribution is 6.16. The Bertz CT molecular complexity index is 682. The molecule has 5 heteroatoms. The van der Waals surface area contributed by atoms with Crippen molar-refractivity contribution in [1.82, 2.24) is 5.06 Å². The van der Waals surface area contributed by atoms with Crippen LogP contribution in [-0.2, 0) is 9.59 Å². The first-order valence-corrected chi connectivity index (χ1v) is 7.96. The van der Waals surface area contributed by atoms with Gasteiger partial charge in [0.2, 0.25) is 0 Å².